The predicted molar refractivity (Wildman–Crippen MR) is 59.2 cm³/mol. The number of nitrogens with one attached hydrogen (secondary N) is 1. The van der Waals surface area contributed by atoms with Crippen LogP contribution >= 0.6 is 11.6 Å². The lowest BCUT2D eigenvalue weighted by Gasteiger charge is -2.17. The zero-order chi connectivity index (χ0) is 12.6. The Bertz CT molecular complexity index is 421. The summed E-state index contributed by atoms with van der Waals surface area (Å²) in [4.78, 5) is 35.9. The maximum atomic E-state index is 11.9. The molecule has 6 nitrogen and oxygen atoms in total. The fourth-order valence-corrected chi connectivity index (χ4v) is 2.50. The molecule has 1 saturated heterocycles. The summed E-state index contributed by atoms with van der Waals surface area (Å²) in [5, 5.41) is 0.595. The van der Waals surface area contributed by atoms with E-state index in [0.29, 0.717) is 17.9 Å². The predicted octanol–water partition coefficient (Wildman–Crippen LogP) is -0.506. The summed E-state index contributed by atoms with van der Waals surface area (Å²) >= 11 is 5.86. The summed E-state index contributed by atoms with van der Waals surface area (Å²) in [6.07, 6.45) is 2.58. The van der Waals surface area contributed by atoms with Crippen LogP contribution in [0.5, 0.6) is 0 Å². The maximum absolute atomic E-state index is 11.9. The van der Waals surface area contributed by atoms with Gasteiger partial charge in [-0.05, 0) is 12.8 Å². The van der Waals surface area contributed by atoms with Gasteiger partial charge in [-0.15, -0.1) is 0 Å². The van der Waals surface area contributed by atoms with Crippen LogP contribution in [0.4, 0.5) is 0 Å². The van der Waals surface area contributed by atoms with Gasteiger partial charge in [0.15, 0.2) is 0 Å². The minimum Gasteiger partial charge on any atom is -0.293 e. The Morgan fingerprint density at radius 1 is 1.47 bits per heavy atom. The highest BCUT2D eigenvalue weighted by molar-refractivity contribution is 6.30. The molecule has 0 spiro atoms. The third kappa shape index (κ3) is 2.05. The van der Waals surface area contributed by atoms with E-state index in [1.165, 1.54) is 0 Å². The lowest BCUT2D eigenvalue weighted by Crippen LogP contribution is -2.43. The summed E-state index contributed by atoms with van der Waals surface area (Å²) in [7, 11) is 0. The van der Waals surface area contributed by atoms with Crippen LogP contribution in [0.25, 0.3) is 0 Å². The average molecular weight is 258 g/mol. The molecule has 0 aromatic heterocycles. The number of hydrogen-bond acceptors (Lipinski definition) is 4. The van der Waals surface area contributed by atoms with Gasteiger partial charge in [0.25, 0.3) is 5.91 Å². The van der Waals surface area contributed by atoms with Gasteiger partial charge < -0.3 is 0 Å². The van der Waals surface area contributed by atoms with Gasteiger partial charge >= 0.3 is 0 Å². The molecule has 1 aliphatic carbocycles. The molecule has 17 heavy (non-hydrogen) atoms. The SMILES string of the molecule is NNC(=O)CN1C(=O)[C@H]2CC=C(Cl)C[C@H]2C1=O. The second kappa shape index (κ2) is 4.46. The molecule has 0 saturated carbocycles. The van der Waals surface area contributed by atoms with E-state index in [1.54, 1.807) is 6.08 Å². The number of halogens is 1. The first-order chi connectivity index (χ1) is 8.04. The molecule has 1 fully saturated rings. The van der Waals surface area contributed by atoms with Gasteiger partial charge in [-0.3, -0.25) is 24.7 Å². The standard InChI is InChI=1S/C10H12ClN3O3/c11-5-1-2-6-7(3-5)10(17)14(9(6)16)4-8(15)13-12/h1,6-7H,2-4,12H2,(H,13,15)/t6-,7+/m0/s1. The summed E-state index contributed by atoms with van der Waals surface area (Å²) in [6.45, 7) is -0.321. The van der Waals surface area contributed by atoms with Crippen LogP contribution < -0.4 is 11.3 Å². The fraction of sp³-hybridized carbons (Fsp3) is 0.500. The zero-order valence-corrected chi connectivity index (χ0v) is 9.74. The number of hydrogen-bond donors (Lipinski definition) is 2. The van der Waals surface area contributed by atoms with Crippen LogP contribution in [0.15, 0.2) is 11.1 Å². The Hall–Kier alpha value is -1.40. The molecule has 3 N–H and O–H groups in total. The second-order valence-corrected chi connectivity index (χ2v) is 4.62. The van der Waals surface area contributed by atoms with Crippen molar-refractivity contribution >= 4 is 29.3 Å². The highest BCUT2D eigenvalue weighted by atomic mass is 35.5. The van der Waals surface area contributed by atoms with Gasteiger partial charge in [-0.25, -0.2) is 5.84 Å². The van der Waals surface area contributed by atoms with Crippen molar-refractivity contribution in [1.29, 1.82) is 0 Å². The van der Waals surface area contributed by atoms with Gasteiger partial charge in [-0.2, -0.15) is 0 Å². The Morgan fingerprint density at radius 3 is 2.76 bits per heavy atom. The number of carbonyl (C=O) groups is 3. The number of likely N-dealkylation sites (tertiary alicyclic amines) is 1. The Balaban J connectivity index is 2.16. The van der Waals surface area contributed by atoms with Gasteiger partial charge in [0.1, 0.15) is 6.54 Å². The molecule has 1 heterocycles. The lowest BCUT2D eigenvalue weighted by atomic mass is 9.85. The van der Waals surface area contributed by atoms with E-state index in [4.69, 9.17) is 17.4 Å². The van der Waals surface area contributed by atoms with Crippen LogP contribution in [0.3, 0.4) is 0 Å². The maximum Gasteiger partial charge on any atom is 0.254 e. The lowest BCUT2D eigenvalue weighted by molar-refractivity contribution is -0.143. The van der Waals surface area contributed by atoms with Crippen molar-refractivity contribution in [3.63, 3.8) is 0 Å². The summed E-state index contributed by atoms with van der Waals surface area (Å²) in [6, 6.07) is 0. The van der Waals surface area contributed by atoms with E-state index < -0.39 is 11.8 Å². The fourth-order valence-electron chi connectivity index (χ4n) is 2.24. The van der Waals surface area contributed by atoms with Gasteiger partial charge in [0, 0.05) is 5.03 Å². The summed E-state index contributed by atoms with van der Waals surface area (Å²) in [5.41, 5.74) is 1.90. The van der Waals surface area contributed by atoms with Gasteiger partial charge in [0.2, 0.25) is 11.8 Å². The minimum absolute atomic E-state index is 0.316. The number of carbonyl (C=O) groups excluding carboxylic acids is 3. The van der Waals surface area contributed by atoms with Crippen molar-refractivity contribution in [2.45, 2.75) is 12.8 Å². The van der Waals surface area contributed by atoms with Crippen LogP contribution in [0.2, 0.25) is 0 Å². The molecular formula is C10H12ClN3O3. The minimum atomic E-state index is -0.565. The van der Waals surface area contributed by atoms with Crippen molar-refractivity contribution in [2.75, 3.05) is 6.54 Å². The quantitative estimate of drug-likeness (QED) is 0.302. The average Bonchev–Trinajstić information content (AvgIpc) is 2.54. The molecule has 7 heteroatoms. The third-order valence-electron chi connectivity index (χ3n) is 3.12. The smallest absolute Gasteiger partial charge is 0.254 e. The first-order valence-electron chi connectivity index (χ1n) is 5.23. The number of amides is 3. The number of hydrazine groups is 1. The first-order valence-corrected chi connectivity index (χ1v) is 5.61. The topological polar surface area (TPSA) is 92.5 Å². The molecule has 0 aromatic carbocycles. The van der Waals surface area contributed by atoms with Crippen molar-refractivity contribution < 1.29 is 14.4 Å². The van der Waals surface area contributed by atoms with Gasteiger partial charge in [0.05, 0.1) is 11.8 Å². The molecule has 0 radical (unpaired) electrons. The molecule has 92 valence electrons. The molecule has 2 aliphatic rings. The monoisotopic (exact) mass is 257 g/mol. The van der Waals surface area contributed by atoms with Crippen LogP contribution in [-0.4, -0.2) is 29.2 Å². The number of fused-ring (bicyclic) bond motifs is 1. The molecule has 1 aliphatic heterocycles. The molecule has 3 amide bonds. The zero-order valence-electron chi connectivity index (χ0n) is 8.98. The van der Waals surface area contributed by atoms with E-state index in [1.807, 2.05) is 5.43 Å². The van der Waals surface area contributed by atoms with E-state index in [2.05, 4.69) is 0 Å². The van der Waals surface area contributed by atoms with Crippen LogP contribution in [0.1, 0.15) is 12.8 Å². The molecule has 0 unspecified atom stereocenters. The Labute approximate surface area is 103 Å². The second-order valence-electron chi connectivity index (χ2n) is 4.13. The largest absolute Gasteiger partial charge is 0.293 e. The highest BCUT2D eigenvalue weighted by Crippen LogP contribution is 2.38. The van der Waals surface area contributed by atoms with Crippen molar-refractivity contribution in [3.05, 3.63) is 11.1 Å². The summed E-state index contributed by atoms with van der Waals surface area (Å²) < 4.78 is 0. The van der Waals surface area contributed by atoms with Gasteiger partial charge in [-0.1, -0.05) is 17.7 Å². The number of nitrogens with zero attached hydrogens (tertiary/aromatic N) is 1. The van der Waals surface area contributed by atoms with Crippen molar-refractivity contribution in [3.8, 4) is 0 Å². The Morgan fingerprint density at radius 2 is 2.12 bits per heavy atom. The van der Waals surface area contributed by atoms with E-state index in [0.717, 1.165) is 4.90 Å². The molecule has 2 atom stereocenters. The number of allylic oxidation sites excluding steroid dienone is 2. The van der Waals surface area contributed by atoms with Crippen molar-refractivity contribution in [1.82, 2.24) is 10.3 Å². The summed E-state index contributed by atoms with van der Waals surface area (Å²) in [5.74, 6) is 2.91. The number of nitrogens with two attached hydrogens (primary N) is 1. The first kappa shape index (κ1) is 12.1. The number of rotatable bonds is 2. The number of imide groups is 1. The molecule has 2 rings (SSSR count). The van der Waals surface area contributed by atoms with Crippen LogP contribution in [0, 0.1) is 11.8 Å². The Kier molecular flexibility index (Phi) is 3.17. The third-order valence-corrected chi connectivity index (χ3v) is 3.43. The van der Waals surface area contributed by atoms with Crippen molar-refractivity contribution in [2.24, 2.45) is 17.7 Å². The molecule has 0 bridgehead atoms. The molecule has 0 aromatic rings. The van der Waals surface area contributed by atoms with E-state index >= 15 is 0 Å². The van der Waals surface area contributed by atoms with E-state index in [-0.39, 0.29) is 24.3 Å². The van der Waals surface area contributed by atoms with Crippen LogP contribution in [-0.2, 0) is 14.4 Å². The molecular weight excluding hydrogens is 246 g/mol. The van der Waals surface area contributed by atoms with E-state index in [9.17, 15) is 14.4 Å². The normalized spacial score (nSPS) is 27.9. The highest BCUT2D eigenvalue weighted by Gasteiger charge is 2.48.